The Hall–Kier alpha value is -2.24. The van der Waals surface area contributed by atoms with E-state index in [1.165, 1.54) is 11.1 Å². The van der Waals surface area contributed by atoms with E-state index in [0.29, 0.717) is 25.6 Å². The smallest absolute Gasteiger partial charge is 0.318 e. The first-order valence-electron chi connectivity index (χ1n) is 9.09. The molecule has 2 atom stereocenters. The molecule has 0 aromatic heterocycles. The molecule has 25 heavy (non-hydrogen) atoms. The molecule has 1 aliphatic carbocycles. The molecule has 2 aliphatic rings. The van der Waals surface area contributed by atoms with Crippen molar-refractivity contribution in [3.8, 4) is 5.75 Å². The highest BCUT2D eigenvalue weighted by atomic mass is 16.5. The monoisotopic (exact) mass is 345 g/mol. The summed E-state index contributed by atoms with van der Waals surface area (Å²) in [4.78, 5) is 26.1. The van der Waals surface area contributed by atoms with Gasteiger partial charge in [-0.05, 0) is 55.9 Å². The fourth-order valence-corrected chi connectivity index (χ4v) is 3.76. The summed E-state index contributed by atoms with van der Waals surface area (Å²) in [5.41, 5.74) is 2.61. The van der Waals surface area contributed by atoms with Gasteiger partial charge in [-0.3, -0.25) is 4.79 Å². The first-order chi connectivity index (χ1) is 12.1. The fraction of sp³-hybridized carbons (Fsp3) is 0.579. The number of carbonyl (C=O) groups excluding carboxylic acids is 2. The van der Waals surface area contributed by atoms with Gasteiger partial charge in [0, 0.05) is 25.6 Å². The minimum Gasteiger partial charge on any atom is -0.497 e. The molecule has 0 unspecified atom stereocenters. The molecular weight excluding hydrogens is 318 g/mol. The predicted octanol–water partition coefficient (Wildman–Crippen LogP) is 2.04. The molecule has 2 N–H and O–H groups in total. The number of rotatable bonds is 3. The molecule has 0 radical (unpaired) electrons. The summed E-state index contributed by atoms with van der Waals surface area (Å²) in [5, 5.41) is 5.88. The molecule has 3 amide bonds. The number of urea groups is 1. The maximum absolute atomic E-state index is 12.6. The van der Waals surface area contributed by atoms with Crippen molar-refractivity contribution < 1.29 is 14.3 Å². The van der Waals surface area contributed by atoms with E-state index in [2.05, 4.69) is 22.8 Å². The Balaban J connectivity index is 1.64. The van der Waals surface area contributed by atoms with E-state index in [9.17, 15) is 9.59 Å². The number of nitrogens with one attached hydrogen (secondary N) is 2. The van der Waals surface area contributed by atoms with E-state index in [0.717, 1.165) is 31.4 Å². The number of fused-ring (bicyclic) bond motifs is 1. The third kappa shape index (κ3) is 3.89. The number of amides is 3. The quantitative estimate of drug-likeness (QED) is 0.881. The van der Waals surface area contributed by atoms with Crippen LogP contribution in [0.3, 0.4) is 0 Å². The maximum Gasteiger partial charge on any atom is 0.318 e. The van der Waals surface area contributed by atoms with Gasteiger partial charge in [-0.1, -0.05) is 6.07 Å². The SMILES string of the molecule is COc1ccc2c(c1)CCC[C@@H]2CNC(=O)N1CCCNC(=O)[C@H]1C. The van der Waals surface area contributed by atoms with Gasteiger partial charge in [0.15, 0.2) is 0 Å². The molecule has 0 bridgehead atoms. The van der Waals surface area contributed by atoms with Crippen LogP contribution in [0.15, 0.2) is 18.2 Å². The van der Waals surface area contributed by atoms with E-state index in [4.69, 9.17) is 4.74 Å². The van der Waals surface area contributed by atoms with Crippen LogP contribution in [0.4, 0.5) is 4.79 Å². The zero-order chi connectivity index (χ0) is 17.8. The van der Waals surface area contributed by atoms with Gasteiger partial charge >= 0.3 is 6.03 Å². The zero-order valence-electron chi connectivity index (χ0n) is 15.0. The zero-order valence-corrected chi connectivity index (χ0v) is 15.0. The lowest BCUT2D eigenvalue weighted by molar-refractivity contribution is -0.124. The van der Waals surface area contributed by atoms with Crippen LogP contribution in [0.5, 0.6) is 5.75 Å². The molecule has 0 saturated carbocycles. The average Bonchev–Trinajstić information content (AvgIpc) is 2.80. The summed E-state index contributed by atoms with van der Waals surface area (Å²) in [6.45, 7) is 3.61. The van der Waals surface area contributed by atoms with E-state index in [1.807, 2.05) is 6.07 Å². The number of hydrogen-bond donors (Lipinski definition) is 2. The Morgan fingerprint density at radius 1 is 1.40 bits per heavy atom. The molecule has 3 rings (SSSR count). The van der Waals surface area contributed by atoms with Gasteiger partial charge in [-0.2, -0.15) is 0 Å². The molecule has 6 heteroatoms. The first kappa shape index (κ1) is 17.6. The van der Waals surface area contributed by atoms with Gasteiger partial charge in [0.05, 0.1) is 7.11 Å². The summed E-state index contributed by atoms with van der Waals surface area (Å²) in [7, 11) is 1.68. The second kappa shape index (κ2) is 7.76. The molecule has 1 heterocycles. The summed E-state index contributed by atoms with van der Waals surface area (Å²) in [6, 6.07) is 5.63. The van der Waals surface area contributed by atoms with Crippen molar-refractivity contribution in [1.29, 1.82) is 0 Å². The molecule has 136 valence electrons. The highest BCUT2D eigenvalue weighted by Gasteiger charge is 2.28. The molecule has 1 aromatic carbocycles. The van der Waals surface area contributed by atoms with Crippen LogP contribution in [0.25, 0.3) is 0 Å². The van der Waals surface area contributed by atoms with E-state index in [-0.39, 0.29) is 11.9 Å². The molecule has 6 nitrogen and oxygen atoms in total. The standard InChI is InChI=1S/C19H27N3O3/c1-13-18(23)20-9-4-10-22(13)19(24)21-12-15-6-3-5-14-11-16(25-2)7-8-17(14)15/h7-8,11,13,15H,3-6,9-10,12H2,1-2H3,(H,20,23)(H,21,24)/t13-,15-/m1/s1. The van der Waals surface area contributed by atoms with Crippen molar-refractivity contribution in [1.82, 2.24) is 15.5 Å². The summed E-state index contributed by atoms with van der Waals surface area (Å²) in [6.07, 6.45) is 4.02. The summed E-state index contributed by atoms with van der Waals surface area (Å²) >= 11 is 0. The van der Waals surface area contributed by atoms with E-state index < -0.39 is 6.04 Å². The Morgan fingerprint density at radius 2 is 2.24 bits per heavy atom. The van der Waals surface area contributed by atoms with Crippen molar-refractivity contribution >= 4 is 11.9 Å². The van der Waals surface area contributed by atoms with E-state index in [1.54, 1.807) is 18.9 Å². The molecule has 0 spiro atoms. The second-order valence-corrected chi connectivity index (χ2v) is 6.85. The number of methoxy groups -OCH3 is 1. The third-order valence-electron chi connectivity index (χ3n) is 5.27. The number of benzene rings is 1. The molecular formula is C19H27N3O3. The number of hydrogen-bond acceptors (Lipinski definition) is 3. The van der Waals surface area contributed by atoms with Crippen LogP contribution >= 0.6 is 0 Å². The number of ether oxygens (including phenoxy) is 1. The Morgan fingerprint density at radius 3 is 3.04 bits per heavy atom. The van der Waals surface area contributed by atoms with Crippen LogP contribution in [-0.4, -0.2) is 49.6 Å². The molecule has 1 fully saturated rings. The number of nitrogens with zero attached hydrogens (tertiary/aromatic N) is 1. The molecule has 1 aromatic rings. The minimum absolute atomic E-state index is 0.0808. The first-order valence-corrected chi connectivity index (χ1v) is 9.09. The number of aryl methyl sites for hydroxylation is 1. The van der Waals surface area contributed by atoms with Gasteiger partial charge < -0.3 is 20.3 Å². The lowest BCUT2D eigenvalue weighted by Gasteiger charge is -2.29. The fourth-order valence-electron chi connectivity index (χ4n) is 3.76. The van der Waals surface area contributed by atoms with E-state index >= 15 is 0 Å². The maximum atomic E-state index is 12.6. The highest BCUT2D eigenvalue weighted by molar-refractivity contribution is 5.87. The highest BCUT2D eigenvalue weighted by Crippen LogP contribution is 2.33. The normalized spacial score (nSPS) is 23.3. The van der Waals surface area contributed by atoms with Crippen molar-refractivity contribution in [3.63, 3.8) is 0 Å². The molecule has 1 saturated heterocycles. The van der Waals surface area contributed by atoms with Crippen LogP contribution in [0, 0.1) is 0 Å². The van der Waals surface area contributed by atoms with Crippen molar-refractivity contribution in [3.05, 3.63) is 29.3 Å². The van der Waals surface area contributed by atoms with Crippen LogP contribution in [0.1, 0.15) is 43.2 Å². The summed E-state index contributed by atoms with van der Waals surface area (Å²) in [5.74, 6) is 1.12. The minimum atomic E-state index is -0.426. The average molecular weight is 345 g/mol. The van der Waals surface area contributed by atoms with Crippen molar-refractivity contribution in [2.24, 2.45) is 0 Å². The Labute approximate surface area is 148 Å². The predicted molar refractivity (Wildman–Crippen MR) is 95.9 cm³/mol. The summed E-state index contributed by atoms with van der Waals surface area (Å²) < 4.78 is 5.31. The van der Waals surface area contributed by atoms with Crippen molar-refractivity contribution in [2.75, 3.05) is 26.7 Å². The lowest BCUT2D eigenvalue weighted by Crippen LogP contribution is -2.50. The second-order valence-electron chi connectivity index (χ2n) is 6.85. The van der Waals surface area contributed by atoms with Gasteiger partial charge in [0.1, 0.15) is 11.8 Å². The van der Waals surface area contributed by atoms with Crippen LogP contribution < -0.4 is 15.4 Å². The van der Waals surface area contributed by atoms with Gasteiger partial charge in [-0.15, -0.1) is 0 Å². The largest absolute Gasteiger partial charge is 0.497 e. The topological polar surface area (TPSA) is 70.7 Å². The van der Waals surface area contributed by atoms with Crippen LogP contribution in [-0.2, 0) is 11.2 Å². The van der Waals surface area contributed by atoms with Crippen LogP contribution in [0.2, 0.25) is 0 Å². The Kier molecular flexibility index (Phi) is 5.46. The van der Waals surface area contributed by atoms with Gasteiger partial charge in [-0.25, -0.2) is 4.79 Å². The number of carbonyl (C=O) groups is 2. The third-order valence-corrected chi connectivity index (χ3v) is 5.27. The lowest BCUT2D eigenvalue weighted by atomic mass is 9.82. The molecule has 1 aliphatic heterocycles. The van der Waals surface area contributed by atoms with Gasteiger partial charge in [0.2, 0.25) is 5.91 Å². The van der Waals surface area contributed by atoms with Crippen molar-refractivity contribution in [2.45, 2.75) is 44.6 Å². The van der Waals surface area contributed by atoms with Gasteiger partial charge in [0.25, 0.3) is 0 Å². The Bertz CT molecular complexity index is 647.